The predicted molar refractivity (Wildman–Crippen MR) is 68.9 cm³/mol. The average Bonchev–Trinajstić information content (AvgIpc) is 2.50. The van der Waals surface area contributed by atoms with Gasteiger partial charge in [0.15, 0.2) is 0 Å². The largest absolute Gasteiger partial charge is 0.0996 e. The Kier molecular flexibility index (Phi) is 4.89. The van der Waals surface area contributed by atoms with E-state index in [9.17, 15) is 0 Å². The first kappa shape index (κ1) is 12.8. The van der Waals surface area contributed by atoms with Gasteiger partial charge >= 0.3 is 0 Å². The first-order chi connectivity index (χ1) is 7.06. The van der Waals surface area contributed by atoms with Crippen LogP contribution < -0.4 is 0 Å². The Hall–Kier alpha value is -0.260. The Labute approximate surface area is 96.2 Å². The minimum Gasteiger partial charge on any atom is -0.0996 e. The highest BCUT2D eigenvalue weighted by Crippen LogP contribution is 2.42. The average molecular weight is 208 g/mol. The van der Waals surface area contributed by atoms with Crippen LogP contribution in [0, 0.1) is 23.7 Å². The molecule has 0 bridgehead atoms. The minimum atomic E-state index is 0.780. The highest BCUT2D eigenvalue weighted by Gasteiger charge is 2.31. The summed E-state index contributed by atoms with van der Waals surface area (Å²) in [5.41, 5.74) is 1.50. The molecule has 1 aliphatic rings. The summed E-state index contributed by atoms with van der Waals surface area (Å²) in [6.45, 7) is 13.6. The third-order valence-electron chi connectivity index (χ3n) is 4.33. The van der Waals surface area contributed by atoms with Gasteiger partial charge in [0.1, 0.15) is 0 Å². The van der Waals surface area contributed by atoms with E-state index >= 15 is 0 Å². The van der Waals surface area contributed by atoms with Crippen molar-refractivity contribution in [2.24, 2.45) is 23.7 Å². The monoisotopic (exact) mass is 208 g/mol. The van der Waals surface area contributed by atoms with E-state index in [1.807, 2.05) is 0 Å². The van der Waals surface area contributed by atoms with Crippen molar-refractivity contribution in [1.29, 1.82) is 0 Å². The molecule has 0 N–H and O–H groups in total. The maximum absolute atomic E-state index is 4.20. The van der Waals surface area contributed by atoms with Crippen LogP contribution in [-0.2, 0) is 0 Å². The van der Waals surface area contributed by atoms with Crippen molar-refractivity contribution < 1.29 is 0 Å². The Bertz CT molecular complexity index is 202. The molecule has 0 spiro atoms. The number of hydrogen-bond acceptors (Lipinski definition) is 0. The predicted octanol–water partition coefficient (Wildman–Crippen LogP) is 5.05. The molecule has 1 saturated carbocycles. The van der Waals surface area contributed by atoms with E-state index in [-0.39, 0.29) is 0 Å². The lowest BCUT2D eigenvalue weighted by molar-refractivity contribution is 0.250. The molecular formula is C15H28. The van der Waals surface area contributed by atoms with E-state index in [4.69, 9.17) is 0 Å². The number of allylic oxidation sites excluding steroid dienone is 1. The minimum absolute atomic E-state index is 0.780. The summed E-state index contributed by atoms with van der Waals surface area (Å²) in [4.78, 5) is 0. The number of hydrogen-bond donors (Lipinski definition) is 0. The van der Waals surface area contributed by atoms with Crippen LogP contribution in [0.2, 0.25) is 0 Å². The molecule has 3 atom stereocenters. The Morgan fingerprint density at radius 2 is 2.00 bits per heavy atom. The molecule has 0 aromatic rings. The molecule has 0 aromatic carbocycles. The zero-order valence-electron chi connectivity index (χ0n) is 11.1. The molecule has 15 heavy (non-hydrogen) atoms. The molecule has 88 valence electrons. The fourth-order valence-electron chi connectivity index (χ4n) is 3.04. The Morgan fingerprint density at radius 3 is 2.40 bits per heavy atom. The van der Waals surface area contributed by atoms with Gasteiger partial charge in [0.25, 0.3) is 0 Å². The van der Waals surface area contributed by atoms with E-state index in [1.54, 1.807) is 0 Å². The molecule has 3 unspecified atom stereocenters. The van der Waals surface area contributed by atoms with Gasteiger partial charge in [-0.2, -0.15) is 0 Å². The van der Waals surface area contributed by atoms with Crippen LogP contribution in [-0.4, -0.2) is 0 Å². The van der Waals surface area contributed by atoms with Crippen molar-refractivity contribution >= 4 is 0 Å². The highest BCUT2D eigenvalue weighted by atomic mass is 14.4. The van der Waals surface area contributed by atoms with Crippen LogP contribution in [0.4, 0.5) is 0 Å². The molecule has 0 amide bonds. The van der Waals surface area contributed by atoms with E-state index in [0.29, 0.717) is 0 Å². The van der Waals surface area contributed by atoms with Crippen molar-refractivity contribution in [3.05, 3.63) is 12.2 Å². The van der Waals surface area contributed by atoms with Crippen molar-refractivity contribution in [3.8, 4) is 0 Å². The summed E-state index contributed by atoms with van der Waals surface area (Å²) in [6, 6.07) is 0. The van der Waals surface area contributed by atoms with Crippen molar-refractivity contribution in [3.63, 3.8) is 0 Å². The topological polar surface area (TPSA) is 0 Å². The standard InChI is InChI=1S/C15H28/c1-6-14(9-7-11(2)3)15-10-8-12(4)13(15)5/h11,13-15H,4,6-10H2,1-3,5H3. The molecule has 0 heterocycles. The third-order valence-corrected chi connectivity index (χ3v) is 4.33. The van der Waals surface area contributed by atoms with Crippen LogP contribution in [0.5, 0.6) is 0 Å². The second-order valence-electron chi connectivity index (χ2n) is 5.79. The molecule has 0 radical (unpaired) electrons. The molecule has 1 rings (SSSR count). The first-order valence-electron chi connectivity index (χ1n) is 6.73. The summed E-state index contributed by atoms with van der Waals surface area (Å²) < 4.78 is 0. The van der Waals surface area contributed by atoms with E-state index in [2.05, 4.69) is 34.3 Å². The highest BCUT2D eigenvalue weighted by molar-refractivity contribution is 5.08. The zero-order chi connectivity index (χ0) is 11.4. The quantitative estimate of drug-likeness (QED) is 0.555. The maximum atomic E-state index is 4.20. The fraction of sp³-hybridized carbons (Fsp3) is 0.867. The lowest BCUT2D eigenvalue weighted by Gasteiger charge is -2.26. The maximum Gasteiger partial charge on any atom is -0.0203 e. The van der Waals surface area contributed by atoms with Gasteiger partial charge in [-0.1, -0.05) is 52.7 Å². The van der Waals surface area contributed by atoms with Gasteiger partial charge in [-0.25, -0.2) is 0 Å². The zero-order valence-corrected chi connectivity index (χ0v) is 11.1. The first-order valence-corrected chi connectivity index (χ1v) is 6.73. The summed E-state index contributed by atoms with van der Waals surface area (Å²) >= 11 is 0. The molecule has 0 nitrogen and oxygen atoms in total. The van der Waals surface area contributed by atoms with Crippen molar-refractivity contribution in [2.45, 2.75) is 59.8 Å². The second-order valence-corrected chi connectivity index (χ2v) is 5.79. The molecule has 0 aliphatic heterocycles. The van der Waals surface area contributed by atoms with Gasteiger partial charge in [0, 0.05) is 0 Å². The molecule has 0 saturated heterocycles. The van der Waals surface area contributed by atoms with Crippen LogP contribution in [0.1, 0.15) is 59.8 Å². The molecular weight excluding hydrogens is 180 g/mol. The Balaban J connectivity index is 2.47. The van der Waals surface area contributed by atoms with Crippen LogP contribution in [0.15, 0.2) is 12.2 Å². The van der Waals surface area contributed by atoms with Gasteiger partial charge < -0.3 is 0 Å². The van der Waals surface area contributed by atoms with Crippen LogP contribution in [0.3, 0.4) is 0 Å². The van der Waals surface area contributed by atoms with E-state index in [0.717, 1.165) is 23.7 Å². The normalized spacial score (nSPS) is 28.7. The van der Waals surface area contributed by atoms with Crippen LogP contribution in [0.25, 0.3) is 0 Å². The summed E-state index contributed by atoms with van der Waals surface area (Å²) in [6.07, 6.45) is 6.86. The summed E-state index contributed by atoms with van der Waals surface area (Å²) in [5, 5.41) is 0. The molecule has 0 heteroatoms. The summed E-state index contributed by atoms with van der Waals surface area (Å²) in [5.74, 6) is 3.52. The van der Waals surface area contributed by atoms with E-state index < -0.39 is 0 Å². The van der Waals surface area contributed by atoms with Gasteiger partial charge in [-0.3, -0.25) is 0 Å². The van der Waals surface area contributed by atoms with Gasteiger partial charge in [-0.15, -0.1) is 0 Å². The molecule has 0 aromatic heterocycles. The molecule has 1 aliphatic carbocycles. The third kappa shape index (κ3) is 3.36. The van der Waals surface area contributed by atoms with Gasteiger partial charge in [0.2, 0.25) is 0 Å². The second kappa shape index (κ2) is 5.72. The lowest BCUT2D eigenvalue weighted by Crippen LogP contribution is -2.17. The lowest BCUT2D eigenvalue weighted by atomic mass is 9.79. The van der Waals surface area contributed by atoms with Crippen molar-refractivity contribution in [2.75, 3.05) is 0 Å². The Morgan fingerprint density at radius 1 is 1.33 bits per heavy atom. The SMILES string of the molecule is C=C1CCC(C(CC)CCC(C)C)C1C. The van der Waals surface area contributed by atoms with Crippen LogP contribution >= 0.6 is 0 Å². The number of rotatable bonds is 5. The van der Waals surface area contributed by atoms with Gasteiger partial charge in [-0.05, 0) is 42.9 Å². The van der Waals surface area contributed by atoms with E-state index in [1.165, 1.54) is 37.7 Å². The van der Waals surface area contributed by atoms with Crippen molar-refractivity contribution in [1.82, 2.24) is 0 Å². The molecule has 1 fully saturated rings. The summed E-state index contributed by atoms with van der Waals surface area (Å²) in [7, 11) is 0. The smallest absolute Gasteiger partial charge is 0.0203 e. The van der Waals surface area contributed by atoms with Gasteiger partial charge in [0.05, 0.1) is 0 Å². The fourth-order valence-corrected chi connectivity index (χ4v) is 3.04.